The first-order chi connectivity index (χ1) is 11.4. The minimum absolute atomic E-state index is 0.0605. The Morgan fingerprint density at radius 2 is 2.00 bits per heavy atom. The number of aromatic nitrogens is 1. The fraction of sp³-hybridized carbons (Fsp3) is 0.353. The van der Waals surface area contributed by atoms with Gasteiger partial charge in [0.2, 0.25) is 11.8 Å². The van der Waals surface area contributed by atoms with Gasteiger partial charge in [0, 0.05) is 12.0 Å². The third-order valence-electron chi connectivity index (χ3n) is 3.47. The van der Waals surface area contributed by atoms with Crippen LogP contribution in [0.15, 0.2) is 24.3 Å². The van der Waals surface area contributed by atoms with Crippen LogP contribution in [0.5, 0.6) is 0 Å². The van der Waals surface area contributed by atoms with E-state index in [4.69, 9.17) is 0 Å². The van der Waals surface area contributed by atoms with E-state index in [2.05, 4.69) is 15.6 Å². The topological polar surface area (TPSA) is 71.1 Å². The van der Waals surface area contributed by atoms with E-state index in [9.17, 15) is 14.0 Å². The molecule has 24 heavy (non-hydrogen) atoms. The number of benzene rings is 1. The largest absolute Gasteiger partial charge is 0.347 e. The highest BCUT2D eigenvalue weighted by molar-refractivity contribution is 7.15. The second-order valence-corrected chi connectivity index (χ2v) is 6.40. The van der Waals surface area contributed by atoms with Gasteiger partial charge in [0.05, 0.1) is 23.2 Å². The van der Waals surface area contributed by atoms with Crippen LogP contribution in [0.25, 0.3) is 10.6 Å². The second kappa shape index (κ2) is 8.01. The lowest BCUT2D eigenvalue weighted by Crippen LogP contribution is -2.37. The zero-order chi connectivity index (χ0) is 17.7. The Kier molecular flexibility index (Phi) is 6.03. The van der Waals surface area contributed by atoms with Crippen molar-refractivity contribution in [1.82, 2.24) is 15.6 Å². The third-order valence-corrected chi connectivity index (χ3v) is 4.85. The van der Waals surface area contributed by atoms with Crippen molar-refractivity contribution in [2.75, 3.05) is 6.54 Å². The average molecular weight is 349 g/mol. The van der Waals surface area contributed by atoms with Crippen LogP contribution in [-0.2, 0) is 9.59 Å². The fourth-order valence-corrected chi connectivity index (χ4v) is 3.32. The highest BCUT2D eigenvalue weighted by Gasteiger charge is 2.18. The molecule has 0 aliphatic carbocycles. The number of amides is 2. The Bertz CT molecular complexity index is 745. The molecule has 1 atom stereocenters. The summed E-state index contributed by atoms with van der Waals surface area (Å²) < 4.78 is 13.9. The predicted molar refractivity (Wildman–Crippen MR) is 92.1 cm³/mol. The fourth-order valence-electron chi connectivity index (χ4n) is 2.22. The molecule has 0 bridgehead atoms. The molecule has 5 nitrogen and oxygen atoms in total. The van der Waals surface area contributed by atoms with Crippen molar-refractivity contribution < 1.29 is 14.0 Å². The van der Waals surface area contributed by atoms with Gasteiger partial charge >= 0.3 is 0 Å². The lowest BCUT2D eigenvalue weighted by atomic mass is 10.2. The molecule has 128 valence electrons. The van der Waals surface area contributed by atoms with Gasteiger partial charge in [-0.3, -0.25) is 9.59 Å². The van der Waals surface area contributed by atoms with E-state index in [0.717, 1.165) is 10.6 Å². The minimum atomic E-state index is -0.322. The van der Waals surface area contributed by atoms with Crippen molar-refractivity contribution in [3.05, 3.63) is 40.7 Å². The van der Waals surface area contributed by atoms with E-state index in [0.29, 0.717) is 17.0 Å². The first-order valence-electron chi connectivity index (χ1n) is 7.70. The Hall–Kier alpha value is -2.28. The first kappa shape index (κ1) is 18.1. The molecule has 0 spiro atoms. The summed E-state index contributed by atoms with van der Waals surface area (Å²) in [6.45, 7) is 5.33. The normalized spacial score (nSPS) is 11.8. The van der Waals surface area contributed by atoms with Crippen LogP contribution < -0.4 is 10.6 Å². The molecular weight excluding hydrogens is 329 g/mol. The zero-order valence-electron chi connectivity index (χ0n) is 13.9. The van der Waals surface area contributed by atoms with Crippen LogP contribution in [0, 0.1) is 12.7 Å². The average Bonchev–Trinajstić information content (AvgIpc) is 2.94. The second-order valence-electron chi connectivity index (χ2n) is 5.37. The summed E-state index contributed by atoms with van der Waals surface area (Å²) in [6, 6.07) is 6.20. The molecule has 1 unspecified atom stereocenters. The van der Waals surface area contributed by atoms with Crippen molar-refractivity contribution in [1.29, 1.82) is 0 Å². The Morgan fingerprint density at radius 3 is 2.67 bits per heavy atom. The van der Waals surface area contributed by atoms with Gasteiger partial charge in [-0.25, -0.2) is 9.37 Å². The molecule has 2 aromatic rings. The van der Waals surface area contributed by atoms with E-state index in [1.165, 1.54) is 17.4 Å². The molecule has 2 N–H and O–H groups in total. The number of nitrogens with one attached hydrogen (secondary N) is 2. The van der Waals surface area contributed by atoms with Gasteiger partial charge < -0.3 is 10.6 Å². The van der Waals surface area contributed by atoms with Crippen LogP contribution in [0.1, 0.15) is 36.9 Å². The number of rotatable bonds is 6. The van der Waals surface area contributed by atoms with Gasteiger partial charge in [0.15, 0.2) is 0 Å². The lowest BCUT2D eigenvalue weighted by molar-refractivity contribution is -0.126. The van der Waals surface area contributed by atoms with Crippen molar-refractivity contribution in [2.45, 2.75) is 33.2 Å². The number of aryl methyl sites for hydroxylation is 1. The number of halogens is 1. The highest BCUT2D eigenvalue weighted by atomic mass is 32.1. The number of thiazole rings is 1. The van der Waals surface area contributed by atoms with E-state index in [1.54, 1.807) is 25.1 Å². The first-order valence-corrected chi connectivity index (χ1v) is 8.52. The molecule has 0 saturated heterocycles. The van der Waals surface area contributed by atoms with Crippen LogP contribution in [0.3, 0.4) is 0 Å². The van der Waals surface area contributed by atoms with Gasteiger partial charge in [-0.1, -0.05) is 19.1 Å². The minimum Gasteiger partial charge on any atom is -0.347 e. The summed E-state index contributed by atoms with van der Waals surface area (Å²) in [5, 5.41) is 5.93. The van der Waals surface area contributed by atoms with Gasteiger partial charge in [-0.05, 0) is 26.0 Å². The summed E-state index contributed by atoms with van der Waals surface area (Å²) in [4.78, 5) is 28.4. The number of carbonyl (C=O) groups is 2. The summed E-state index contributed by atoms with van der Waals surface area (Å²) >= 11 is 1.35. The molecule has 1 aromatic carbocycles. The van der Waals surface area contributed by atoms with Gasteiger partial charge in [-0.15, -0.1) is 11.3 Å². The molecule has 0 radical (unpaired) electrons. The Morgan fingerprint density at radius 1 is 1.29 bits per heavy atom. The highest BCUT2D eigenvalue weighted by Crippen LogP contribution is 2.32. The van der Waals surface area contributed by atoms with Crippen molar-refractivity contribution in [2.24, 2.45) is 0 Å². The maximum Gasteiger partial charge on any atom is 0.239 e. The van der Waals surface area contributed by atoms with Crippen molar-refractivity contribution in [3.8, 4) is 10.6 Å². The number of carbonyl (C=O) groups excluding carboxylic acids is 2. The quantitative estimate of drug-likeness (QED) is 0.842. The number of hydrogen-bond donors (Lipinski definition) is 2. The summed E-state index contributed by atoms with van der Waals surface area (Å²) in [6.07, 6.45) is 0.336. The van der Waals surface area contributed by atoms with Gasteiger partial charge in [-0.2, -0.15) is 0 Å². The SMILES string of the molecule is CCC(=O)NCC(=O)NC(C)c1sc(-c2ccccc2F)nc1C. The van der Waals surface area contributed by atoms with Gasteiger partial charge in [0.1, 0.15) is 10.8 Å². The van der Waals surface area contributed by atoms with Crippen LogP contribution >= 0.6 is 11.3 Å². The molecule has 0 saturated carbocycles. The maximum atomic E-state index is 13.9. The summed E-state index contributed by atoms with van der Waals surface area (Å²) in [5.41, 5.74) is 1.20. The van der Waals surface area contributed by atoms with Crippen molar-refractivity contribution in [3.63, 3.8) is 0 Å². The molecule has 0 fully saturated rings. The predicted octanol–water partition coefficient (Wildman–Crippen LogP) is 2.96. The van der Waals surface area contributed by atoms with Crippen LogP contribution in [0.2, 0.25) is 0 Å². The molecule has 1 heterocycles. The number of hydrogen-bond acceptors (Lipinski definition) is 4. The maximum absolute atomic E-state index is 13.9. The molecule has 7 heteroatoms. The lowest BCUT2D eigenvalue weighted by Gasteiger charge is -2.13. The van der Waals surface area contributed by atoms with Crippen LogP contribution in [0.4, 0.5) is 4.39 Å². The Labute approximate surface area is 144 Å². The molecule has 0 aliphatic rings. The molecular formula is C17H20FN3O2S. The van der Waals surface area contributed by atoms with E-state index >= 15 is 0 Å². The molecule has 1 aromatic heterocycles. The molecule has 2 rings (SSSR count). The number of nitrogens with zero attached hydrogens (tertiary/aromatic N) is 1. The summed E-state index contributed by atoms with van der Waals surface area (Å²) in [5.74, 6) is -0.769. The van der Waals surface area contributed by atoms with Crippen LogP contribution in [-0.4, -0.2) is 23.3 Å². The Balaban J connectivity index is 2.08. The molecule has 0 aliphatic heterocycles. The molecule has 2 amide bonds. The monoisotopic (exact) mass is 349 g/mol. The zero-order valence-corrected chi connectivity index (χ0v) is 14.7. The van der Waals surface area contributed by atoms with E-state index in [-0.39, 0.29) is 30.2 Å². The smallest absolute Gasteiger partial charge is 0.239 e. The van der Waals surface area contributed by atoms with E-state index < -0.39 is 0 Å². The standard InChI is InChI=1S/C17H20FN3O2S/c1-4-14(22)19-9-15(23)20-10(2)16-11(3)21-17(24-16)12-7-5-6-8-13(12)18/h5-8,10H,4,9H2,1-3H3,(H,19,22)(H,20,23). The van der Waals surface area contributed by atoms with E-state index in [1.807, 2.05) is 13.8 Å². The van der Waals surface area contributed by atoms with Gasteiger partial charge in [0.25, 0.3) is 0 Å². The van der Waals surface area contributed by atoms with Crippen molar-refractivity contribution >= 4 is 23.2 Å². The third kappa shape index (κ3) is 4.38. The summed E-state index contributed by atoms with van der Waals surface area (Å²) in [7, 11) is 0.